The van der Waals surface area contributed by atoms with E-state index in [-0.39, 0.29) is 6.61 Å². The zero-order valence-electron chi connectivity index (χ0n) is 9.02. The molecule has 0 amide bonds. The molecular formula is C12H13ClN2O. The maximum Gasteiger partial charge on any atom is 0.0715 e. The number of aromatic nitrogens is 2. The van der Waals surface area contributed by atoms with Crippen molar-refractivity contribution in [2.75, 3.05) is 0 Å². The summed E-state index contributed by atoms with van der Waals surface area (Å²) >= 11 is 5.91. The second kappa shape index (κ2) is 4.68. The Kier molecular flexibility index (Phi) is 3.27. The van der Waals surface area contributed by atoms with Gasteiger partial charge in [-0.2, -0.15) is 5.10 Å². The Balaban J connectivity index is 2.24. The maximum atomic E-state index is 9.07. The van der Waals surface area contributed by atoms with Crippen LogP contribution in [0.25, 0.3) is 0 Å². The summed E-state index contributed by atoms with van der Waals surface area (Å²) in [6.07, 6.45) is 1.69. The Labute approximate surface area is 99.3 Å². The minimum atomic E-state index is 0.0291. The Morgan fingerprint density at radius 1 is 1.44 bits per heavy atom. The molecule has 2 aromatic rings. The molecule has 1 heterocycles. The van der Waals surface area contributed by atoms with Gasteiger partial charge in [0.1, 0.15) is 0 Å². The standard InChI is InChI=1S/C12H13ClN2O/c1-9-11(8-16)6-14-15(9)7-10-3-2-4-12(13)5-10/h2-6,16H,7-8H2,1H3. The highest BCUT2D eigenvalue weighted by atomic mass is 35.5. The molecule has 0 unspecified atom stereocenters. The van der Waals surface area contributed by atoms with Crippen LogP contribution in [-0.2, 0) is 13.2 Å². The molecule has 2 rings (SSSR count). The van der Waals surface area contributed by atoms with Crippen LogP contribution in [0.5, 0.6) is 0 Å². The normalized spacial score (nSPS) is 10.7. The highest BCUT2D eigenvalue weighted by Crippen LogP contribution is 2.14. The smallest absolute Gasteiger partial charge is 0.0715 e. The lowest BCUT2D eigenvalue weighted by Crippen LogP contribution is -2.04. The van der Waals surface area contributed by atoms with E-state index < -0.39 is 0 Å². The Bertz CT molecular complexity index is 494. The number of hydrogen-bond acceptors (Lipinski definition) is 2. The molecule has 0 aliphatic rings. The summed E-state index contributed by atoms with van der Waals surface area (Å²) in [5, 5.41) is 14.0. The summed E-state index contributed by atoms with van der Waals surface area (Å²) in [6, 6.07) is 7.69. The lowest BCUT2D eigenvalue weighted by atomic mass is 10.2. The highest BCUT2D eigenvalue weighted by molar-refractivity contribution is 6.30. The van der Waals surface area contributed by atoms with Crippen LogP contribution in [0.1, 0.15) is 16.8 Å². The number of benzene rings is 1. The molecular weight excluding hydrogens is 224 g/mol. The fourth-order valence-corrected chi connectivity index (χ4v) is 1.82. The van der Waals surface area contributed by atoms with Gasteiger partial charge in [0.05, 0.1) is 19.3 Å². The first-order valence-corrected chi connectivity index (χ1v) is 5.45. The number of rotatable bonds is 3. The first-order valence-electron chi connectivity index (χ1n) is 5.07. The Morgan fingerprint density at radius 2 is 2.25 bits per heavy atom. The number of nitrogens with zero attached hydrogens (tertiary/aromatic N) is 2. The van der Waals surface area contributed by atoms with Crippen LogP contribution in [0.4, 0.5) is 0 Å². The molecule has 0 saturated carbocycles. The van der Waals surface area contributed by atoms with Gasteiger partial charge >= 0.3 is 0 Å². The van der Waals surface area contributed by atoms with Gasteiger partial charge in [-0.15, -0.1) is 0 Å². The van der Waals surface area contributed by atoms with Crippen molar-refractivity contribution in [3.8, 4) is 0 Å². The average molecular weight is 237 g/mol. The third-order valence-corrected chi connectivity index (χ3v) is 2.83. The fraction of sp³-hybridized carbons (Fsp3) is 0.250. The van der Waals surface area contributed by atoms with Crippen LogP contribution in [-0.4, -0.2) is 14.9 Å². The van der Waals surface area contributed by atoms with E-state index in [0.29, 0.717) is 6.54 Å². The largest absolute Gasteiger partial charge is 0.392 e. The lowest BCUT2D eigenvalue weighted by Gasteiger charge is -2.05. The van der Waals surface area contributed by atoms with Crippen LogP contribution < -0.4 is 0 Å². The van der Waals surface area contributed by atoms with Crippen molar-refractivity contribution in [3.63, 3.8) is 0 Å². The summed E-state index contributed by atoms with van der Waals surface area (Å²) in [7, 11) is 0. The summed E-state index contributed by atoms with van der Waals surface area (Å²) in [4.78, 5) is 0. The lowest BCUT2D eigenvalue weighted by molar-refractivity contribution is 0.281. The van der Waals surface area contributed by atoms with Gasteiger partial charge in [0.25, 0.3) is 0 Å². The minimum absolute atomic E-state index is 0.0291. The summed E-state index contributed by atoms with van der Waals surface area (Å²) in [6.45, 7) is 2.65. The third kappa shape index (κ3) is 2.26. The molecule has 1 N–H and O–H groups in total. The molecule has 3 nitrogen and oxygen atoms in total. The minimum Gasteiger partial charge on any atom is -0.392 e. The molecule has 0 bridgehead atoms. The second-order valence-corrected chi connectivity index (χ2v) is 4.14. The molecule has 84 valence electrons. The van der Waals surface area contributed by atoms with E-state index in [4.69, 9.17) is 16.7 Å². The molecule has 1 aromatic heterocycles. The van der Waals surface area contributed by atoms with Crippen molar-refractivity contribution >= 4 is 11.6 Å². The monoisotopic (exact) mass is 236 g/mol. The topological polar surface area (TPSA) is 38.1 Å². The first kappa shape index (κ1) is 11.2. The van der Waals surface area contributed by atoms with Crippen molar-refractivity contribution < 1.29 is 5.11 Å². The predicted octanol–water partition coefficient (Wildman–Crippen LogP) is 2.39. The van der Waals surface area contributed by atoms with E-state index in [1.807, 2.05) is 35.9 Å². The quantitative estimate of drug-likeness (QED) is 0.889. The van der Waals surface area contributed by atoms with E-state index in [9.17, 15) is 0 Å². The molecule has 0 saturated heterocycles. The molecule has 0 fully saturated rings. The predicted molar refractivity (Wildman–Crippen MR) is 63.4 cm³/mol. The molecule has 4 heteroatoms. The summed E-state index contributed by atoms with van der Waals surface area (Å²) < 4.78 is 1.86. The number of hydrogen-bond donors (Lipinski definition) is 1. The molecule has 0 spiro atoms. The van der Waals surface area contributed by atoms with Crippen LogP contribution in [0.15, 0.2) is 30.5 Å². The molecule has 0 aliphatic carbocycles. The van der Waals surface area contributed by atoms with Crippen molar-refractivity contribution in [2.45, 2.75) is 20.1 Å². The highest BCUT2D eigenvalue weighted by Gasteiger charge is 2.05. The summed E-state index contributed by atoms with van der Waals surface area (Å²) in [5.41, 5.74) is 2.95. The number of aliphatic hydroxyl groups is 1. The Morgan fingerprint density at radius 3 is 2.88 bits per heavy atom. The van der Waals surface area contributed by atoms with Crippen molar-refractivity contribution in [1.29, 1.82) is 0 Å². The van der Waals surface area contributed by atoms with Crippen LogP contribution >= 0.6 is 11.6 Å². The van der Waals surface area contributed by atoms with Gasteiger partial charge in [0, 0.05) is 16.3 Å². The van der Waals surface area contributed by atoms with Crippen molar-refractivity contribution in [3.05, 3.63) is 52.3 Å². The van der Waals surface area contributed by atoms with Gasteiger partial charge in [0.15, 0.2) is 0 Å². The van der Waals surface area contributed by atoms with Crippen LogP contribution in [0.2, 0.25) is 5.02 Å². The number of aliphatic hydroxyl groups excluding tert-OH is 1. The summed E-state index contributed by atoms with van der Waals surface area (Å²) in [5.74, 6) is 0. The van der Waals surface area contributed by atoms with Gasteiger partial charge in [0.2, 0.25) is 0 Å². The maximum absolute atomic E-state index is 9.07. The van der Waals surface area contributed by atoms with Gasteiger partial charge in [-0.05, 0) is 24.6 Å². The molecule has 1 aromatic carbocycles. The molecule has 0 radical (unpaired) electrons. The van der Waals surface area contributed by atoms with Gasteiger partial charge < -0.3 is 5.11 Å². The second-order valence-electron chi connectivity index (χ2n) is 3.70. The number of halogens is 1. The average Bonchev–Trinajstić information content (AvgIpc) is 2.60. The Hall–Kier alpha value is -1.32. The van der Waals surface area contributed by atoms with E-state index >= 15 is 0 Å². The third-order valence-electron chi connectivity index (χ3n) is 2.60. The fourth-order valence-electron chi connectivity index (χ4n) is 1.61. The van der Waals surface area contributed by atoms with Gasteiger partial charge in [-0.1, -0.05) is 23.7 Å². The van der Waals surface area contributed by atoms with Crippen LogP contribution in [0.3, 0.4) is 0 Å². The first-order chi connectivity index (χ1) is 7.70. The molecule has 16 heavy (non-hydrogen) atoms. The molecule has 0 aliphatic heterocycles. The van der Waals surface area contributed by atoms with Gasteiger partial charge in [-0.3, -0.25) is 4.68 Å². The SMILES string of the molecule is Cc1c(CO)cnn1Cc1cccc(Cl)c1. The van der Waals surface area contributed by atoms with E-state index in [1.165, 1.54) is 0 Å². The van der Waals surface area contributed by atoms with E-state index in [2.05, 4.69) is 5.10 Å². The van der Waals surface area contributed by atoms with Crippen LogP contribution in [0, 0.1) is 6.92 Å². The zero-order valence-corrected chi connectivity index (χ0v) is 9.78. The zero-order chi connectivity index (χ0) is 11.5. The molecule has 0 atom stereocenters. The van der Waals surface area contributed by atoms with E-state index in [1.54, 1.807) is 6.20 Å². The van der Waals surface area contributed by atoms with Crippen molar-refractivity contribution in [1.82, 2.24) is 9.78 Å². The van der Waals surface area contributed by atoms with E-state index in [0.717, 1.165) is 21.8 Å². The van der Waals surface area contributed by atoms with Crippen molar-refractivity contribution in [2.24, 2.45) is 0 Å². The van der Waals surface area contributed by atoms with Gasteiger partial charge in [-0.25, -0.2) is 0 Å².